The number of hydrogen-bond donors (Lipinski definition) is 3. The molecule has 0 saturated carbocycles. The summed E-state index contributed by atoms with van der Waals surface area (Å²) >= 11 is 0. The molecule has 0 bridgehead atoms. The van der Waals surface area contributed by atoms with E-state index in [4.69, 9.17) is 10.7 Å². The summed E-state index contributed by atoms with van der Waals surface area (Å²) in [5, 5.41) is 8.39. The van der Waals surface area contributed by atoms with Crippen LogP contribution in [0, 0.1) is 0 Å². The van der Waals surface area contributed by atoms with Gasteiger partial charge in [-0.05, 0) is 35.9 Å². The zero-order valence-electron chi connectivity index (χ0n) is 16.1. The van der Waals surface area contributed by atoms with E-state index >= 15 is 0 Å². The molecule has 0 aliphatic heterocycles. The summed E-state index contributed by atoms with van der Waals surface area (Å²) in [6.45, 7) is 0. The van der Waals surface area contributed by atoms with Crippen molar-refractivity contribution < 1.29 is 0 Å². The lowest BCUT2D eigenvalue weighted by atomic mass is 10.1. The molecule has 31 heavy (non-hydrogen) atoms. The van der Waals surface area contributed by atoms with E-state index in [2.05, 4.69) is 35.1 Å². The molecule has 0 unspecified atom stereocenters. The van der Waals surface area contributed by atoms with Gasteiger partial charge in [0.2, 0.25) is 0 Å². The molecule has 6 rings (SSSR count). The standard InChI is InChI=1S/C22H15N9/c23-14-7-13(9-25-10-14)17-8-16-18(11-27-17)30-31-20(16)22-28-19-15(3-6-26-21(19)29-22)12-1-4-24-5-2-12/h1-11H,23H2,(H,30,31)(H,26,28,29). The predicted octanol–water partition coefficient (Wildman–Crippen LogP) is 3.60. The largest absolute Gasteiger partial charge is 0.397 e. The number of nitrogens with zero attached hydrogens (tertiary/aromatic N) is 6. The molecular formula is C22H15N9. The second kappa shape index (κ2) is 6.70. The number of hydrogen-bond acceptors (Lipinski definition) is 7. The van der Waals surface area contributed by atoms with E-state index in [-0.39, 0.29) is 0 Å². The van der Waals surface area contributed by atoms with Gasteiger partial charge in [0.15, 0.2) is 11.5 Å². The van der Waals surface area contributed by atoms with Crippen LogP contribution in [-0.4, -0.2) is 40.1 Å². The highest BCUT2D eigenvalue weighted by molar-refractivity contribution is 5.96. The van der Waals surface area contributed by atoms with E-state index in [1.165, 1.54) is 0 Å². The van der Waals surface area contributed by atoms with Crippen molar-refractivity contribution in [3.05, 3.63) is 67.5 Å². The fourth-order valence-corrected chi connectivity index (χ4v) is 3.65. The molecule has 0 aliphatic rings. The lowest BCUT2D eigenvalue weighted by molar-refractivity contribution is 1.10. The second-order valence-corrected chi connectivity index (χ2v) is 7.07. The Morgan fingerprint density at radius 3 is 2.61 bits per heavy atom. The zero-order valence-corrected chi connectivity index (χ0v) is 16.1. The smallest absolute Gasteiger partial charge is 0.178 e. The first-order valence-corrected chi connectivity index (χ1v) is 9.57. The van der Waals surface area contributed by atoms with E-state index in [0.717, 1.165) is 38.8 Å². The molecule has 0 atom stereocenters. The van der Waals surface area contributed by atoms with Gasteiger partial charge in [0.1, 0.15) is 5.69 Å². The van der Waals surface area contributed by atoms with Crippen LogP contribution in [0.15, 0.2) is 67.5 Å². The number of imidazole rings is 1. The number of H-pyrrole nitrogens is 2. The van der Waals surface area contributed by atoms with Gasteiger partial charge in [0, 0.05) is 47.5 Å². The van der Waals surface area contributed by atoms with Crippen molar-refractivity contribution in [2.75, 3.05) is 5.73 Å². The highest BCUT2D eigenvalue weighted by Crippen LogP contribution is 2.31. The zero-order chi connectivity index (χ0) is 20.8. The number of rotatable bonds is 3. The van der Waals surface area contributed by atoms with Crippen LogP contribution in [0.25, 0.3) is 56.0 Å². The van der Waals surface area contributed by atoms with Crippen LogP contribution < -0.4 is 5.73 Å². The van der Waals surface area contributed by atoms with Gasteiger partial charge in [-0.3, -0.25) is 20.1 Å². The van der Waals surface area contributed by atoms with E-state index < -0.39 is 0 Å². The quantitative estimate of drug-likeness (QED) is 0.409. The lowest BCUT2D eigenvalue weighted by Gasteiger charge is -2.02. The third-order valence-corrected chi connectivity index (χ3v) is 5.11. The Bertz CT molecular complexity index is 1550. The maximum atomic E-state index is 5.88. The first-order chi connectivity index (χ1) is 15.3. The first kappa shape index (κ1) is 17.2. The third kappa shape index (κ3) is 2.87. The molecule has 4 N–H and O–H groups in total. The summed E-state index contributed by atoms with van der Waals surface area (Å²) in [5.74, 6) is 0.623. The molecule has 0 fully saturated rings. The monoisotopic (exact) mass is 405 g/mol. The normalized spacial score (nSPS) is 11.4. The van der Waals surface area contributed by atoms with E-state index in [1.54, 1.807) is 37.2 Å². The fourth-order valence-electron chi connectivity index (χ4n) is 3.65. The van der Waals surface area contributed by atoms with Gasteiger partial charge in [-0.1, -0.05) is 0 Å². The third-order valence-electron chi connectivity index (χ3n) is 5.11. The first-order valence-electron chi connectivity index (χ1n) is 9.57. The van der Waals surface area contributed by atoms with Crippen molar-refractivity contribution in [2.24, 2.45) is 0 Å². The number of aromatic amines is 2. The van der Waals surface area contributed by atoms with Crippen molar-refractivity contribution in [1.29, 1.82) is 0 Å². The van der Waals surface area contributed by atoms with Crippen LogP contribution in [0.1, 0.15) is 0 Å². The van der Waals surface area contributed by atoms with E-state index in [0.29, 0.717) is 22.9 Å². The Morgan fingerprint density at radius 1 is 0.839 bits per heavy atom. The number of nitrogen functional groups attached to an aromatic ring is 1. The van der Waals surface area contributed by atoms with Crippen molar-refractivity contribution in [3.63, 3.8) is 0 Å². The summed E-state index contributed by atoms with van der Waals surface area (Å²) in [7, 11) is 0. The molecule has 0 aliphatic carbocycles. The molecule has 9 nitrogen and oxygen atoms in total. The molecule has 6 aromatic heterocycles. The Labute approximate surface area is 175 Å². The highest BCUT2D eigenvalue weighted by atomic mass is 15.1. The van der Waals surface area contributed by atoms with E-state index in [9.17, 15) is 0 Å². The SMILES string of the molecule is Nc1cncc(-c2cc3c(-c4nc5nccc(-c6ccncc6)c5[nH]4)n[nH]c3cn2)c1. The average Bonchev–Trinajstić information content (AvgIpc) is 3.43. The minimum Gasteiger partial charge on any atom is -0.397 e. The summed E-state index contributed by atoms with van der Waals surface area (Å²) in [6.07, 6.45) is 10.4. The van der Waals surface area contributed by atoms with Crippen LogP contribution in [-0.2, 0) is 0 Å². The maximum Gasteiger partial charge on any atom is 0.178 e. The van der Waals surface area contributed by atoms with Gasteiger partial charge >= 0.3 is 0 Å². The molecule has 9 heteroatoms. The van der Waals surface area contributed by atoms with Crippen molar-refractivity contribution in [2.45, 2.75) is 0 Å². The Balaban J connectivity index is 1.51. The summed E-state index contributed by atoms with van der Waals surface area (Å²) in [5.41, 5.74) is 13.0. The van der Waals surface area contributed by atoms with Crippen molar-refractivity contribution in [3.8, 4) is 33.9 Å². The van der Waals surface area contributed by atoms with Gasteiger partial charge in [0.05, 0.1) is 28.6 Å². The van der Waals surface area contributed by atoms with Gasteiger partial charge in [-0.2, -0.15) is 5.10 Å². The number of nitrogens with two attached hydrogens (primary N) is 1. The molecule has 0 radical (unpaired) electrons. The Hall–Kier alpha value is -4.66. The topological polar surface area (TPSA) is 135 Å². The predicted molar refractivity (Wildman–Crippen MR) is 118 cm³/mol. The second-order valence-electron chi connectivity index (χ2n) is 7.07. The van der Waals surface area contributed by atoms with E-state index in [1.807, 2.05) is 30.3 Å². The summed E-state index contributed by atoms with van der Waals surface area (Å²) < 4.78 is 0. The van der Waals surface area contributed by atoms with Gasteiger partial charge in [-0.25, -0.2) is 9.97 Å². The number of nitrogens with one attached hydrogen (secondary N) is 2. The van der Waals surface area contributed by atoms with Gasteiger partial charge in [-0.15, -0.1) is 0 Å². The van der Waals surface area contributed by atoms with Gasteiger partial charge in [0.25, 0.3) is 0 Å². The van der Waals surface area contributed by atoms with Crippen LogP contribution in [0.5, 0.6) is 0 Å². The maximum absolute atomic E-state index is 5.88. The molecule has 0 spiro atoms. The molecule has 6 aromatic rings. The highest BCUT2D eigenvalue weighted by Gasteiger charge is 2.16. The molecule has 0 saturated heterocycles. The van der Waals surface area contributed by atoms with Crippen LogP contribution in [0.3, 0.4) is 0 Å². The number of pyridine rings is 4. The lowest BCUT2D eigenvalue weighted by Crippen LogP contribution is -1.90. The van der Waals surface area contributed by atoms with Gasteiger partial charge < -0.3 is 10.7 Å². The summed E-state index contributed by atoms with van der Waals surface area (Å²) in [4.78, 5) is 25.3. The number of anilines is 1. The van der Waals surface area contributed by atoms with Crippen LogP contribution >= 0.6 is 0 Å². The summed E-state index contributed by atoms with van der Waals surface area (Å²) in [6, 6.07) is 9.66. The number of fused-ring (bicyclic) bond motifs is 2. The minimum absolute atomic E-state index is 0.582. The Morgan fingerprint density at radius 2 is 1.74 bits per heavy atom. The molecule has 6 heterocycles. The van der Waals surface area contributed by atoms with Crippen molar-refractivity contribution in [1.82, 2.24) is 40.1 Å². The average molecular weight is 405 g/mol. The molecule has 148 valence electrons. The van der Waals surface area contributed by atoms with Crippen LogP contribution in [0.2, 0.25) is 0 Å². The molecule has 0 amide bonds. The fraction of sp³-hybridized carbons (Fsp3) is 0. The number of aromatic nitrogens is 8. The molecule has 0 aromatic carbocycles. The van der Waals surface area contributed by atoms with Crippen LogP contribution in [0.4, 0.5) is 5.69 Å². The molecular weight excluding hydrogens is 390 g/mol. The Kier molecular flexibility index (Phi) is 3.72. The minimum atomic E-state index is 0.582. The van der Waals surface area contributed by atoms with Crippen molar-refractivity contribution >= 4 is 27.8 Å².